The minimum Gasteiger partial charge on any atom is -0.481 e. The fraction of sp³-hybridized carbons (Fsp3) is 0.667. The Morgan fingerprint density at radius 1 is 1.65 bits per heavy atom. The van der Waals surface area contributed by atoms with E-state index in [2.05, 4.69) is 5.32 Å². The van der Waals surface area contributed by atoms with Gasteiger partial charge in [0.1, 0.15) is 12.6 Å². The van der Waals surface area contributed by atoms with Crippen molar-refractivity contribution in [1.29, 1.82) is 0 Å². The topological polar surface area (TPSA) is 128 Å². The molecule has 2 atom stereocenters. The van der Waals surface area contributed by atoms with Crippen molar-refractivity contribution in [3.05, 3.63) is 0 Å². The fourth-order valence-electron chi connectivity index (χ4n) is 1.20. The molecule has 0 aromatic rings. The van der Waals surface area contributed by atoms with E-state index in [1.54, 1.807) is 0 Å². The van der Waals surface area contributed by atoms with Crippen LogP contribution in [0, 0.1) is 0 Å². The second-order valence-electron chi connectivity index (χ2n) is 3.58. The van der Waals surface area contributed by atoms with Crippen LogP contribution in [-0.4, -0.2) is 48.4 Å². The molecule has 1 aliphatic rings. The van der Waals surface area contributed by atoms with E-state index in [4.69, 9.17) is 20.3 Å². The van der Waals surface area contributed by atoms with Crippen LogP contribution in [0.4, 0.5) is 4.79 Å². The monoisotopic (exact) mass is 246 g/mol. The van der Waals surface area contributed by atoms with Gasteiger partial charge in [0.05, 0.1) is 6.54 Å². The second-order valence-corrected chi connectivity index (χ2v) is 3.58. The summed E-state index contributed by atoms with van der Waals surface area (Å²) in [5.74, 6) is -1.73. The summed E-state index contributed by atoms with van der Waals surface area (Å²) in [7, 11) is 0. The molecule has 1 saturated heterocycles. The quantitative estimate of drug-likeness (QED) is 0.504. The molecule has 0 saturated carbocycles. The SMILES string of the molecule is N[C@@H](CCC(=O)O)C(=O)OC[C@H]1CNC(=O)O1. The van der Waals surface area contributed by atoms with Gasteiger partial charge >= 0.3 is 18.0 Å². The van der Waals surface area contributed by atoms with Gasteiger partial charge in [-0.2, -0.15) is 0 Å². The molecule has 1 aliphatic heterocycles. The van der Waals surface area contributed by atoms with Crippen molar-refractivity contribution in [2.75, 3.05) is 13.2 Å². The molecule has 1 amide bonds. The van der Waals surface area contributed by atoms with Crippen LogP contribution in [-0.2, 0) is 19.1 Å². The maximum atomic E-state index is 11.3. The molecule has 8 nitrogen and oxygen atoms in total. The number of ether oxygens (including phenoxy) is 2. The molecule has 4 N–H and O–H groups in total. The number of nitrogens with two attached hydrogens (primary N) is 1. The van der Waals surface area contributed by atoms with Gasteiger partial charge in [-0.05, 0) is 6.42 Å². The van der Waals surface area contributed by atoms with Gasteiger partial charge in [-0.3, -0.25) is 9.59 Å². The summed E-state index contributed by atoms with van der Waals surface area (Å²) in [6.07, 6.45) is -1.26. The van der Waals surface area contributed by atoms with Crippen molar-refractivity contribution in [3.8, 4) is 0 Å². The minimum absolute atomic E-state index is 0.0108. The molecule has 1 heterocycles. The number of carboxylic acids is 1. The normalized spacial score (nSPS) is 20.3. The van der Waals surface area contributed by atoms with Crippen molar-refractivity contribution in [2.45, 2.75) is 25.0 Å². The largest absolute Gasteiger partial charge is 0.481 e. The Hall–Kier alpha value is -1.83. The first kappa shape index (κ1) is 13.2. The molecule has 0 aromatic carbocycles. The Bertz CT molecular complexity index is 319. The Morgan fingerprint density at radius 3 is 2.88 bits per heavy atom. The Balaban J connectivity index is 2.19. The first-order valence-electron chi connectivity index (χ1n) is 5.07. The van der Waals surface area contributed by atoms with Gasteiger partial charge in [0.2, 0.25) is 0 Å². The van der Waals surface area contributed by atoms with Gasteiger partial charge in [-0.1, -0.05) is 0 Å². The van der Waals surface area contributed by atoms with E-state index < -0.39 is 30.2 Å². The lowest BCUT2D eigenvalue weighted by Crippen LogP contribution is -2.35. The first-order valence-corrected chi connectivity index (χ1v) is 5.07. The van der Waals surface area contributed by atoms with Crippen LogP contribution in [0.3, 0.4) is 0 Å². The number of rotatable bonds is 6. The number of cyclic esters (lactones) is 1. The van der Waals surface area contributed by atoms with E-state index in [0.29, 0.717) is 0 Å². The average Bonchev–Trinajstić information content (AvgIpc) is 2.68. The molecule has 0 bridgehead atoms. The Labute approximate surface area is 97.0 Å². The molecule has 8 heteroatoms. The van der Waals surface area contributed by atoms with E-state index in [-0.39, 0.29) is 26.0 Å². The second kappa shape index (κ2) is 6.04. The predicted molar refractivity (Wildman–Crippen MR) is 54.1 cm³/mol. The third kappa shape index (κ3) is 4.68. The molecule has 0 unspecified atom stereocenters. The highest BCUT2D eigenvalue weighted by atomic mass is 16.6. The van der Waals surface area contributed by atoms with Crippen molar-refractivity contribution in [1.82, 2.24) is 5.32 Å². The lowest BCUT2D eigenvalue weighted by Gasteiger charge is -2.12. The number of hydrogen-bond donors (Lipinski definition) is 3. The highest BCUT2D eigenvalue weighted by Gasteiger charge is 2.25. The summed E-state index contributed by atoms with van der Waals surface area (Å²) < 4.78 is 9.52. The number of hydrogen-bond acceptors (Lipinski definition) is 6. The molecular formula is C9H14N2O6. The Kier molecular flexibility index (Phi) is 4.70. The van der Waals surface area contributed by atoms with Gasteiger partial charge in [-0.25, -0.2) is 4.79 Å². The van der Waals surface area contributed by atoms with Crippen molar-refractivity contribution in [3.63, 3.8) is 0 Å². The number of aliphatic carboxylic acids is 1. The molecule has 1 rings (SSSR count). The first-order chi connectivity index (χ1) is 7.99. The van der Waals surface area contributed by atoms with Crippen LogP contribution in [0.25, 0.3) is 0 Å². The molecular weight excluding hydrogens is 232 g/mol. The number of carbonyl (C=O) groups excluding carboxylic acids is 2. The zero-order valence-electron chi connectivity index (χ0n) is 9.05. The average molecular weight is 246 g/mol. The summed E-state index contributed by atoms with van der Waals surface area (Å²) in [4.78, 5) is 32.2. The maximum absolute atomic E-state index is 11.3. The molecule has 17 heavy (non-hydrogen) atoms. The third-order valence-corrected chi connectivity index (χ3v) is 2.13. The smallest absolute Gasteiger partial charge is 0.407 e. The summed E-state index contributed by atoms with van der Waals surface area (Å²) in [6, 6.07) is -0.976. The van der Waals surface area contributed by atoms with Crippen LogP contribution in [0.2, 0.25) is 0 Å². The van der Waals surface area contributed by atoms with Gasteiger partial charge in [-0.15, -0.1) is 0 Å². The predicted octanol–water partition coefficient (Wildman–Crippen LogP) is -1.17. The van der Waals surface area contributed by atoms with E-state index in [9.17, 15) is 14.4 Å². The highest BCUT2D eigenvalue weighted by molar-refractivity contribution is 5.76. The van der Waals surface area contributed by atoms with Crippen LogP contribution < -0.4 is 11.1 Å². The molecule has 0 aromatic heterocycles. The zero-order valence-corrected chi connectivity index (χ0v) is 9.05. The van der Waals surface area contributed by atoms with Gasteiger partial charge < -0.3 is 25.6 Å². The number of carboxylic acid groups (broad SMARTS) is 1. The van der Waals surface area contributed by atoms with E-state index in [1.165, 1.54) is 0 Å². The highest BCUT2D eigenvalue weighted by Crippen LogP contribution is 2.03. The van der Waals surface area contributed by atoms with E-state index in [0.717, 1.165) is 0 Å². The van der Waals surface area contributed by atoms with Crippen molar-refractivity contribution in [2.24, 2.45) is 5.73 Å². The summed E-state index contributed by atoms with van der Waals surface area (Å²) in [5, 5.41) is 10.8. The minimum atomic E-state index is -1.03. The van der Waals surface area contributed by atoms with Crippen LogP contribution in [0.5, 0.6) is 0 Å². The van der Waals surface area contributed by atoms with Gasteiger partial charge in [0.25, 0.3) is 0 Å². The lowest BCUT2D eigenvalue weighted by molar-refractivity contribution is -0.148. The third-order valence-electron chi connectivity index (χ3n) is 2.13. The fourth-order valence-corrected chi connectivity index (χ4v) is 1.20. The molecule has 0 aliphatic carbocycles. The van der Waals surface area contributed by atoms with E-state index in [1.807, 2.05) is 0 Å². The van der Waals surface area contributed by atoms with E-state index >= 15 is 0 Å². The van der Waals surface area contributed by atoms with Gasteiger partial charge in [0, 0.05) is 6.42 Å². The molecule has 1 fully saturated rings. The summed E-state index contributed by atoms with van der Waals surface area (Å²) >= 11 is 0. The van der Waals surface area contributed by atoms with Crippen LogP contribution in [0.15, 0.2) is 0 Å². The molecule has 0 radical (unpaired) electrons. The molecule has 0 spiro atoms. The number of esters is 1. The maximum Gasteiger partial charge on any atom is 0.407 e. The van der Waals surface area contributed by atoms with Crippen molar-refractivity contribution >= 4 is 18.0 Å². The van der Waals surface area contributed by atoms with Crippen molar-refractivity contribution < 1.29 is 29.0 Å². The van der Waals surface area contributed by atoms with Gasteiger partial charge in [0.15, 0.2) is 6.10 Å². The number of carbonyl (C=O) groups is 3. The summed E-state index contributed by atoms with van der Waals surface area (Å²) in [5.41, 5.74) is 5.42. The lowest BCUT2D eigenvalue weighted by atomic mass is 10.2. The number of amides is 1. The molecule has 96 valence electrons. The van der Waals surface area contributed by atoms with Crippen LogP contribution >= 0.6 is 0 Å². The Morgan fingerprint density at radius 2 is 2.35 bits per heavy atom. The number of alkyl carbamates (subject to hydrolysis) is 1. The number of nitrogens with one attached hydrogen (secondary N) is 1. The van der Waals surface area contributed by atoms with Crippen LogP contribution in [0.1, 0.15) is 12.8 Å². The standard InChI is InChI=1S/C9H14N2O6/c10-6(1-2-7(12)13)8(14)16-4-5-3-11-9(15)17-5/h5-6H,1-4,10H2,(H,11,15)(H,12,13)/t5-,6+/m1/s1. The zero-order chi connectivity index (χ0) is 12.8. The summed E-state index contributed by atoms with van der Waals surface area (Å²) in [6.45, 7) is 0.189.